The standard InChI is InChI=1S/C10H19ClN4/c1-4-15(5-2)8(6-12)9-10(11)13-7-14(9)3/h7-8H,4-6,12H2,1-3H3. The molecule has 0 amide bonds. The largest absolute Gasteiger partial charge is 0.335 e. The van der Waals surface area contributed by atoms with E-state index in [0.717, 1.165) is 18.8 Å². The van der Waals surface area contributed by atoms with E-state index in [4.69, 9.17) is 17.3 Å². The first-order chi connectivity index (χ1) is 7.15. The molecule has 1 aromatic heterocycles. The third kappa shape index (κ3) is 2.51. The van der Waals surface area contributed by atoms with Crippen LogP contribution in [-0.2, 0) is 7.05 Å². The molecule has 1 rings (SSSR count). The summed E-state index contributed by atoms with van der Waals surface area (Å²) in [5.41, 5.74) is 6.82. The van der Waals surface area contributed by atoms with Gasteiger partial charge in [-0.25, -0.2) is 4.98 Å². The van der Waals surface area contributed by atoms with Crippen molar-refractivity contribution in [2.24, 2.45) is 12.8 Å². The number of nitrogens with two attached hydrogens (primary N) is 1. The van der Waals surface area contributed by atoms with Gasteiger partial charge in [-0.3, -0.25) is 4.90 Å². The molecule has 0 aromatic carbocycles. The Bertz CT molecular complexity index is 287. The zero-order valence-corrected chi connectivity index (χ0v) is 10.3. The first kappa shape index (κ1) is 12.5. The molecule has 0 saturated heterocycles. The first-order valence-electron chi connectivity index (χ1n) is 5.26. The van der Waals surface area contributed by atoms with Crippen LogP contribution in [0.3, 0.4) is 0 Å². The SMILES string of the molecule is CCN(CC)C(CN)c1c(Cl)ncn1C. The Labute approximate surface area is 96.0 Å². The molecule has 0 saturated carbocycles. The van der Waals surface area contributed by atoms with Crippen molar-refractivity contribution in [1.82, 2.24) is 14.5 Å². The minimum absolute atomic E-state index is 0.153. The number of halogens is 1. The number of hydrogen-bond acceptors (Lipinski definition) is 3. The molecular formula is C10H19ClN4. The highest BCUT2D eigenvalue weighted by Crippen LogP contribution is 2.25. The third-order valence-electron chi connectivity index (χ3n) is 2.73. The Balaban J connectivity index is 3.01. The zero-order chi connectivity index (χ0) is 11.4. The van der Waals surface area contributed by atoms with Crippen LogP contribution in [-0.4, -0.2) is 34.1 Å². The fourth-order valence-corrected chi connectivity index (χ4v) is 2.18. The van der Waals surface area contributed by atoms with Gasteiger partial charge < -0.3 is 10.3 Å². The van der Waals surface area contributed by atoms with Gasteiger partial charge in [-0.15, -0.1) is 0 Å². The van der Waals surface area contributed by atoms with Crippen molar-refractivity contribution in [3.05, 3.63) is 17.2 Å². The van der Waals surface area contributed by atoms with Crippen LogP contribution in [0.5, 0.6) is 0 Å². The second kappa shape index (κ2) is 5.49. The maximum absolute atomic E-state index is 6.06. The van der Waals surface area contributed by atoms with E-state index in [-0.39, 0.29) is 6.04 Å². The van der Waals surface area contributed by atoms with Gasteiger partial charge in [-0.05, 0) is 13.1 Å². The van der Waals surface area contributed by atoms with E-state index >= 15 is 0 Å². The summed E-state index contributed by atoms with van der Waals surface area (Å²) in [4.78, 5) is 6.36. The number of rotatable bonds is 5. The quantitative estimate of drug-likeness (QED) is 0.832. The van der Waals surface area contributed by atoms with Crippen LogP contribution in [0, 0.1) is 0 Å². The number of imidazole rings is 1. The molecule has 1 atom stereocenters. The Hall–Kier alpha value is -0.580. The van der Waals surface area contributed by atoms with E-state index in [9.17, 15) is 0 Å². The van der Waals surface area contributed by atoms with Gasteiger partial charge in [0.25, 0.3) is 0 Å². The fraction of sp³-hybridized carbons (Fsp3) is 0.700. The van der Waals surface area contributed by atoms with Crippen molar-refractivity contribution in [2.45, 2.75) is 19.9 Å². The van der Waals surface area contributed by atoms with Gasteiger partial charge >= 0.3 is 0 Å². The van der Waals surface area contributed by atoms with Crippen LogP contribution in [0.25, 0.3) is 0 Å². The lowest BCUT2D eigenvalue weighted by atomic mass is 10.2. The molecule has 0 fully saturated rings. The van der Waals surface area contributed by atoms with E-state index in [1.54, 1.807) is 6.33 Å². The lowest BCUT2D eigenvalue weighted by Gasteiger charge is -2.28. The summed E-state index contributed by atoms with van der Waals surface area (Å²) in [7, 11) is 1.94. The zero-order valence-electron chi connectivity index (χ0n) is 9.57. The molecular weight excluding hydrogens is 212 g/mol. The summed E-state index contributed by atoms with van der Waals surface area (Å²) in [5, 5.41) is 0.555. The van der Waals surface area contributed by atoms with Crippen LogP contribution in [0.1, 0.15) is 25.6 Å². The minimum Gasteiger partial charge on any atom is -0.335 e. The highest BCUT2D eigenvalue weighted by atomic mass is 35.5. The maximum Gasteiger partial charge on any atom is 0.151 e. The number of likely N-dealkylation sites (N-methyl/N-ethyl adjacent to an activating group) is 1. The van der Waals surface area contributed by atoms with Gasteiger partial charge in [0, 0.05) is 13.6 Å². The summed E-state index contributed by atoms with van der Waals surface area (Å²) < 4.78 is 1.94. The topological polar surface area (TPSA) is 47.1 Å². The second-order valence-electron chi connectivity index (χ2n) is 3.50. The summed E-state index contributed by atoms with van der Waals surface area (Å²) in [6.45, 7) is 6.72. The predicted octanol–water partition coefficient (Wildman–Crippen LogP) is 1.42. The lowest BCUT2D eigenvalue weighted by molar-refractivity contribution is 0.217. The van der Waals surface area contributed by atoms with E-state index in [0.29, 0.717) is 11.7 Å². The smallest absolute Gasteiger partial charge is 0.151 e. The van der Waals surface area contributed by atoms with Crippen molar-refractivity contribution < 1.29 is 0 Å². The van der Waals surface area contributed by atoms with Crippen molar-refractivity contribution in [3.8, 4) is 0 Å². The molecule has 1 aromatic rings. The Morgan fingerprint density at radius 3 is 2.47 bits per heavy atom. The molecule has 86 valence electrons. The highest BCUT2D eigenvalue weighted by Gasteiger charge is 2.22. The number of hydrogen-bond donors (Lipinski definition) is 1. The average molecular weight is 231 g/mol. The fourth-order valence-electron chi connectivity index (χ4n) is 1.88. The Morgan fingerprint density at radius 1 is 1.53 bits per heavy atom. The van der Waals surface area contributed by atoms with Crippen LogP contribution in [0.15, 0.2) is 6.33 Å². The molecule has 1 unspecified atom stereocenters. The maximum atomic E-state index is 6.06. The number of aromatic nitrogens is 2. The molecule has 0 aliphatic carbocycles. The van der Waals surface area contributed by atoms with Crippen molar-refractivity contribution in [1.29, 1.82) is 0 Å². The third-order valence-corrected chi connectivity index (χ3v) is 3.02. The monoisotopic (exact) mass is 230 g/mol. The average Bonchev–Trinajstić information content (AvgIpc) is 2.56. The molecule has 1 heterocycles. The molecule has 5 heteroatoms. The number of nitrogens with zero attached hydrogens (tertiary/aromatic N) is 3. The van der Waals surface area contributed by atoms with Crippen LogP contribution < -0.4 is 5.73 Å². The summed E-state index contributed by atoms with van der Waals surface area (Å²) in [6.07, 6.45) is 1.73. The van der Waals surface area contributed by atoms with Crippen molar-refractivity contribution in [3.63, 3.8) is 0 Å². The molecule has 0 bridgehead atoms. The highest BCUT2D eigenvalue weighted by molar-refractivity contribution is 6.30. The summed E-state index contributed by atoms with van der Waals surface area (Å²) >= 11 is 6.06. The van der Waals surface area contributed by atoms with Gasteiger partial charge in [0.15, 0.2) is 5.15 Å². The molecule has 0 aliphatic rings. The van der Waals surface area contributed by atoms with E-state index < -0.39 is 0 Å². The summed E-state index contributed by atoms with van der Waals surface area (Å²) in [5.74, 6) is 0. The van der Waals surface area contributed by atoms with Crippen LogP contribution in [0.4, 0.5) is 0 Å². The normalized spacial score (nSPS) is 13.5. The van der Waals surface area contributed by atoms with Gasteiger partial charge in [0.2, 0.25) is 0 Å². The first-order valence-corrected chi connectivity index (χ1v) is 5.64. The van der Waals surface area contributed by atoms with Crippen LogP contribution >= 0.6 is 11.6 Å². The van der Waals surface area contributed by atoms with Crippen molar-refractivity contribution >= 4 is 11.6 Å². The Kier molecular flexibility index (Phi) is 4.57. The van der Waals surface area contributed by atoms with E-state index in [2.05, 4.69) is 23.7 Å². The second-order valence-corrected chi connectivity index (χ2v) is 3.86. The van der Waals surface area contributed by atoms with Crippen molar-refractivity contribution in [2.75, 3.05) is 19.6 Å². The van der Waals surface area contributed by atoms with Crippen LogP contribution in [0.2, 0.25) is 5.15 Å². The molecule has 0 radical (unpaired) electrons. The van der Waals surface area contributed by atoms with E-state index in [1.165, 1.54) is 0 Å². The van der Waals surface area contributed by atoms with E-state index in [1.807, 2.05) is 11.6 Å². The van der Waals surface area contributed by atoms with Gasteiger partial charge in [0.1, 0.15) is 0 Å². The number of aryl methyl sites for hydroxylation is 1. The predicted molar refractivity (Wildman–Crippen MR) is 62.9 cm³/mol. The molecule has 4 nitrogen and oxygen atoms in total. The van der Waals surface area contributed by atoms with Gasteiger partial charge in [-0.2, -0.15) is 0 Å². The molecule has 0 spiro atoms. The molecule has 15 heavy (non-hydrogen) atoms. The lowest BCUT2D eigenvalue weighted by Crippen LogP contribution is -2.34. The summed E-state index contributed by atoms with van der Waals surface area (Å²) in [6, 6.07) is 0.153. The van der Waals surface area contributed by atoms with Gasteiger partial charge in [-0.1, -0.05) is 25.4 Å². The Morgan fingerprint density at radius 2 is 2.13 bits per heavy atom. The molecule has 0 aliphatic heterocycles. The van der Waals surface area contributed by atoms with Gasteiger partial charge in [0.05, 0.1) is 18.1 Å². The minimum atomic E-state index is 0.153. The molecule has 2 N–H and O–H groups in total.